The Bertz CT molecular complexity index is 904. The normalized spacial score (nSPS) is 14.2. The van der Waals surface area contributed by atoms with Gasteiger partial charge in [0.1, 0.15) is 11.4 Å². The van der Waals surface area contributed by atoms with Crippen LogP contribution < -0.4 is 10.1 Å². The maximum atomic E-state index is 12.8. The number of likely N-dealkylation sites (N-methyl/N-ethyl adjacent to an activating group) is 1. The van der Waals surface area contributed by atoms with Crippen molar-refractivity contribution in [2.75, 3.05) is 19.0 Å². The van der Waals surface area contributed by atoms with Crippen molar-refractivity contribution < 1.29 is 14.3 Å². The van der Waals surface area contributed by atoms with Crippen LogP contribution in [0.3, 0.4) is 0 Å². The lowest BCUT2D eigenvalue weighted by atomic mass is 10.0. The minimum absolute atomic E-state index is 0.257. The maximum absolute atomic E-state index is 12.8. The van der Waals surface area contributed by atoms with Crippen molar-refractivity contribution in [2.45, 2.75) is 13.8 Å². The molecule has 0 spiro atoms. The van der Waals surface area contributed by atoms with Crippen molar-refractivity contribution in [3.63, 3.8) is 0 Å². The molecule has 2 amide bonds. The number of ether oxygens (including phenoxy) is 1. The van der Waals surface area contributed by atoms with Crippen molar-refractivity contribution in [3.05, 3.63) is 64.3 Å². The summed E-state index contributed by atoms with van der Waals surface area (Å²) < 4.78 is 5.16. The minimum Gasteiger partial charge on any atom is -0.497 e. The summed E-state index contributed by atoms with van der Waals surface area (Å²) >= 11 is 6.17. The molecule has 2 aromatic carbocycles. The molecule has 1 aliphatic heterocycles. The molecule has 1 heterocycles. The largest absolute Gasteiger partial charge is 0.497 e. The van der Waals surface area contributed by atoms with Gasteiger partial charge in [0, 0.05) is 17.3 Å². The highest BCUT2D eigenvalue weighted by molar-refractivity contribution is 6.36. The minimum atomic E-state index is -0.345. The van der Waals surface area contributed by atoms with Crippen LogP contribution in [-0.2, 0) is 9.59 Å². The summed E-state index contributed by atoms with van der Waals surface area (Å²) in [5.74, 6) is 0.0196. The molecule has 0 saturated heterocycles. The third-order valence-corrected chi connectivity index (χ3v) is 4.80. The molecule has 134 valence electrons. The van der Waals surface area contributed by atoms with Gasteiger partial charge in [0.2, 0.25) is 0 Å². The van der Waals surface area contributed by atoms with Gasteiger partial charge in [-0.1, -0.05) is 29.8 Å². The second-order valence-electron chi connectivity index (χ2n) is 5.87. The SMILES string of the molecule is CCN1C(=O)C(Nc2cccc(Cl)c2C)=C(c2ccc(OC)cc2)C1=O. The molecule has 0 aromatic heterocycles. The average Bonchev–Trinajstić information content (AvgIpc) is 2.88. The van der Waals surface area contributed by atoms with Crippen molar-refractivity contribution >= 4 is 34.7 Å². The zero-order chi connectivity index (χ0) is 18.8. The first kappa shape index (κ1) is 18.0. The van der Waals surface area contributed by atoms with Crippen LogP contribution in [0, 0.1) is 6.92 Å². The molecule has 0 aliphatic carbocycles. The summed E-state index contributed by atoms with van der Waals surface area (Å²) in [5, 5.41) is 3.71. The molecule has 0 radical (unpaired) electrons. The second-order valence-corrected chi connectivity index (χ2v) is 6.28. The molecule has 26 heavy (non-hydrogen) atoms. The van der Waals surface area contributed by atoms with E-state index >= 15 is 0 Å². The smallest absolute Gasteiger partial charge is 0.278 e. The van der Waals surface area contributed by atoms with Gasteiger partial charge < -0.3 is 10.1 Å². The highest BCUT2D eigenvalue weighted by Gasteiger charge is 2.38. The summed E-state index contributed by atoms with van der Waals surface area (Å²) in [6.07, 6.45) is 0. The third-order valence-electron chi connectivity index (χ3n) is 4.39. The zero-order valence-corrected chi connectivity index (χ0v) is 15.6. The summed E-state index contributed by atoms with van der Waals surface area (Å²) in [6.45, 7) is 3.93. The molecule has 3 rings (SSSR count). The topological polar surface area (TPSA) is 58.6 Å². The van der Waals surface area contributed by atoms with E-state index in [-0.39, 0.29) is 17.5 Å². The monoisotopic (exact) mass is 370 g/mol. The quantitative estimate of drug-likeness (QED) is 0.812. The lowest BCUT2D eigenvalue weighted by Gasteiger charge is -2.13. The van der Waals surface area contributed by atoms with E-state index in [2.05, 4.69) is 5.32 Å². The number of rotatable bonds is 5. The van der Waals surface area contributed by atoms with E-state index in [1.54, 1.807) is 50.4 Å². The van der Waals surface area contributed by atoms with Crippen LogP contribution >= 0.6 is 11.6 Å². The number of benzene rings is 2. The van der Waals surface area contributed by atoms with Gasteiger partial charge in [-0.05, 0) is 49.2 Å². The van der Waals surface area contributed by atoms with E-state index in [9.17, 15) is 9.59 Å². The maximum Gasteiger partial charge on any atom is 0.278 e. The predicted molar refractivity (Wildman–Crippen MR) is 102 cm³/mol. The van der Waals surface area contributed by atoms with Gasteiger partial charge in [-0.25, -0.2) is 0 Å². The number of imide groups is 1. The molecule has 0 bridgehead atoms. The van der Waals surface area contributed by atoms with Gasteiger partial charge in [0.15, 0.2) is 0 Å². The van der Waals surface area contributed by atoms with E-state index in [0.29, 0.717) is 34.1 Å². The van der Waals surface area contributed by atoms with Crippen LogP contribution in [0.15, 0.2) is 48.2 Å². The van der Waals surface area contributed by atoms with Crippen LogP contribution in [0.1, 0.15) is 18.1 Å². The van der Waals surface area contributed by atoms with Crippen molar-refractivity contribution in [2.24, 2.45) is 0 Å². The Morgan fingerprint density at radius 2 is 1.77 bits per heavy atom. The van der Waals surface area contributed by atoms with Crippen LogP contribution in [0.5, 0.6) is 5.75 Å². The second kappa shape index (κ2) is 7.22. The first-order valence-electron chi connectivity index (χ1n) is 8.25. The van der Waals surface area contributed by atoms with Crippen LogP contribution in [-0.4, -0.2) is 30.4 Å². The number of amides is 2. The molecule has 1 aliphatic rings. The molecule has 6 heteroatoms. The standard InChI is InChI=1S/C20H19ClN2O3/c1-4-23-19(24)17(13-8-10-14(26-3)11-9-13)18(20(23)25)22-16-7-5-6-15(21)12(16)2/h5-11,22H,4H2,1-3H3. The Morgan fingerprint density at radius 3 is 2.38 bits per heavy atom. The number of hydrogen-bond acceptors (Lipinski definition) is 4. The number of nitrogens with zero attached hydrogens (tertiary/aromatic N) is 1. The van der Waals surface area contributed by atoms with E-state index in [0.717, 1.165) is 5.56 Å². The summed E-state index contributed by atoms with van der Waals surface area (Å²) in [5.41, 5.74) is 2.76. The molecular weight excluding hydrogens is 352 g/mol. The van der Waals surface area contributed by atoms with Crippen molar-refractivity contribution in [3.8, 4) is 5.75 Å². The Hall–Kier alpha value is -2.79. The lowest BCUT2D eigenvalue weighted by molar-refractivity contribution is -0.136. The number of nitrogens with one attached hydrogen (secondary N) is 1. The van der Waals surface area contributed by atoms with E-state index in [1.807, 2.05) is 13.0 Å². The molecule has 2 aromatic rings. The molecular formula is C20H19ClN2O3. The van der Waals surface area contributed by atoms with Gasteiger partial charge in [0.25, 0.3) is 11.8 Å². The van der Waals surface area contributed by atoms with Crippen LogP contribution in [0.2, 0.25) is 5.02 Å². The van der Waals surface area contributed by atoms with E-state index in [1.165, 1.54) is 4.90 Å². The van der Waals surface area contributed by atoms with Gasteiger partial charge in [-0.15, -0.1) is 0 Å². The third kappa shape index (κ3) is 3.06. The fourth-order valence-electron chi connectivity index (χ4n) is 2.88. The Kier molecular flexibility index (Phi) is 5.00. The number of carbonyl (C=O) groups excluding carboxylic acids is 2. The molecule has 0 unspecified atom stereocenters. The Morgan fingerprint density at radius 1 is 1.08 bits per heavy atom. The van der Waals surface area contributed by atoms with E-state index in [4.69, 9.17) is 16.3 Å². The summed E-state index contributed by atoms with van der Waals surface area (Å²) in [6, 6.07) is 12.5. The van der Waals surface area contributed by atoms with Gasteiger partial charge in [-0.2, -0.15) is 0 Å². The fraction of sp³-hybridized carbons (Fsp3) is 0.200. The highest BCUT2D eigenvalue weighted by Crippen LogP contribution is 2.33. The molecule has 0 atom stereocenters. The Balaban J connectivity index is 2.10. The first-order chi connectivity index (χ1) is 12.5. The Labute approximate surface area is 157 Å². The molecule has 0 saturated carbocycles. The van der Waals surface area contributed by atoms with Crippen molar-refractivity contribution in [1.82, 2.24) is 4.90 Å². The number of methoxy groups -OCH3 is 1. The van der Waals surface area contributed by atoms with Crippen LogP contribution in [0.4, 0.5) is 5.69 Å². The number of halogens is 1. The predicted octanol–water partition coefficient (Wildman–Crippen LogP) is 3.87. The molecule has 5 nitrogen and oxygen atoms in total. The van der Waals surface area contributed by atoms with Crippen molar-refractivity contribution in [1.29, 1.82) is 0 Å². The van der Waals surface area contributed by atoms with E-state index < -0.39 is 0 Å². The number of hydrogen-bond donors (Lipinski definition) is 1. The molecule has 1 N–H and O–H groups in total. The van der Waals surface area contributed by atoms with Gasteiger partial charge >= 0.3 is 0 Å². The summed E-state index contributed by atoms with van der Waals surface area (Å²) in [7, 11) is 1.58. The molecule has 0 fully saturated rings. The van der Waals surface area contributed by atoms with Gasteiger partial charge in [-0.3, -0.25) is 14.5 Å². The lowest BCUT2D eigenvalue weighted by Crippen LogP contribution is -2.32. The fourth-order valence-corrected chi connectivity index (χ4v) is 3.06. The number of carbonyl (C=O) groups is 2. The van der Waals surface area contributed by atoms with Crippen LogP contribution in [0.25, 0.3) is 5.57 Å². The zero-order valence-electron chi connectivity index (χ0n) is 14.8. The number of anilines is 1. The average molecular weight is 371 g/mol. The van der Waals surface area contributed by atoms with Gasteiger partial charge in [0.05, 0.1) is 12.7 Å². The summed E-state index contributed by atoms with van der Waals surface area (Å²) in [4.78, 5) is 26.8. The first-order valence-corrected chi connectivity index (χ1v) is 8.62. The highest BCUT2D eigenvalue weighted by atomic mass is 35.5.